The van der Waals surface area contributed by atoms with Gasteiger partial charge in [-0.05, 0) is 24.3 Å². The first-order valence-electron chi connectivity index (χ1n) is 9.31. The number of anilines is 1. The van der Waals surface area contributed by atoms with Crippen molar-refractivity contribution in [2.75, 3.05) is 37.7 Å². The second kappa shape index (κ2) is 8.23. The Kier molecular flexibility index (Phi) is 5.34. The smallest absolute Gasteiger partial charge is 0.293 e. The zero-order valence-electron chi connectivity index (χ0n) is 15.7. The van der Waals surface area contributed by atoms with Crippen LogP contribution >= 0.6 is 0 Å². The summed E-state index contributed by atoms with van der Waals surface area (Å²) >= 11 is 0. The van der Waals surface area contributed by atoms with Gasteiger partial charge in [-0.1, -0.05) is 6.07 Å². The van der Waals surface area contributed by atoms with Crippen molar-refractivity contribution in [1.29, 1.82) is 0 Å². The van der Waals surface area contributed by atoms with Crippen LogP contribution in [-0.4, -0.2) is 58.3 Å². The first-order chi connectivity index (χ1) is 14.1. The third-order valence-electron chi connectivity index (χ3n) is 4.80. The molecule has 1 aliphatic heterocycles. The SMILES string of the molecule is O=C(NCCc1nnc2ccccn12)c1ccc(N2CCOCC2)c([N+](=O)[O-])c1. The van der Waals surface area contributed by atoms with E-state index in [1.165, 1.54) is 6.07 Å². The number of rotatable bonds is 6. The van der Waals surface area contributed by atoms with Crippen molar-refractivity contribution in [3.63, 3.8) is 0 Å². The maximum atomic E-state index is 12.5. The first kappa shape index (κ1) is 18.8. The summed E-state index contributed by atoms with van der Waals surface area (Å²) in [5, 5.41) is 22.5. The van der Waals surface area contributed by atoms with Gasteiger partial charge in [0.15, 0.2) is 5.65 Å². The average molecular weight is 396 g/mol. The van der Waals surface area contributed by atoms with Crippen molar-refractivity contribution < 1.29 is 14.5 Å². The van der Waals surface area contributed by atoms with Crippen molar-refractivity contribution in [3.8, 4) is 0 Å². The number of hydrogen-bond donors (Lipinski definition) is 1. The van der Waals surface area contributed by atoms with Crippen LogP contribution in [0.3, 0.4) is 0 Å². The highest BCUT2D eigenvalue weighted by Gasteiger charge is 2.23. The molecule has 2 aromatic heterocycles. The fourth-order valence-electron chi connectivity index (χ4n) is 3.33. The minimum absolute atomic E-state index is 0.0806. The predicted octanol–water partition coefficient (Wildman–Crippen LogP) is 1.45. The van der Waals surface area contributed by atoms with Crippen molar-refractivity contribution >= 4 is 22.9 Å². The van der Waals surface area contributed by atoms with Crippen LogP contribution in [0, 0.1) is 10.1 Å². The summed E-state index contributed by atoms with van der Waals surface area (Å²) in [7, 11) is 0. The van der Waals surface area contributed by atoms with Crippen LogP contribution < -0.4 is 10.2 Å². The maximum absolute atomic E-state index is 12.5. The number of nitro groups is 1. The molecule has 1 saturated heterocycles. The number of nitrogens with one attached hydrogen (secondary N) is 1. The maximum Gasteiger partial charge on any atom is 0.293 e. The number of hydrogen-bond acceptors (Lipinski definition) is 7. The van der Waals surface area contributed by atoms with Crippen molar-refractivity contribution in [2.45, 2.75) is 6.42 Å². The number of ether oxygens (including phenoxy) is 1. The zero-order valence-corrected chi connectivity index (χ0v) is 15.7. The molecule has 0 radical (unpaired) electrons. The number of pyridine rings is 1. The molecule has 1 fully saturated rings. The molecule has 4 rings (SSSR count). The summed E-state index contributed by atoms with van der Waals surface area (Å²) < 4.78 is 7.15. The Bertz CT molecular complexity index is 1040. The second-order valence-corrected chi connectivity index (χ2v) is 6.61. The lowest BCUT2D eigenvalue weighted by molar-refractivity contribution is -0.384. The van der Waals surface area contributed by atoms with E-state index in [2.05, 4.69) is 15.5 Å². The van der Waals surface area contributed by atoms with E-state index in [9.17, 15) is 14.9 Å². The Hall–Kier alpha value is -3.53. The average Bonchev–Trinajstić information content (AvgIpc) is 3.17. The third kappa shape index (κ3) is 4.02. The first-order valence-corrected chi connectivity index (χ1v) is 9.31. The van der Waals surface area contributed by atoms with Crippen LogP contribution in [0.1, 0.15) is 16.2 Å². The van der Waals surface area contributed by atoms with Gasteiger partial charge in [-0.2, -0.15) is 0 Å². The van der Waals surface area contributed by atoms with Gasteiger partial charge in [-0.25, -0.2) is 0 Å². The Labute approximate surface area is 166 Å². The molecular weight excluding hydrogens is 376 g/mol. The van der Waals surface area contributed by atoms with Gasteiger partial charge >= 0.3 is 0 Å². The molecule has 0 spiro atoms. The molecule has 1 aliphatic rings. The number of nitro benzene ring substituents is 1. The lowest BCUT2D eigenvalue weighted by Crippen LogP contribution is -2.36. The summed E-state index contributed by atoms with van der Waals surface area (Å²) in [6, 6.07) is 10.2. The molecule has 3 aromatic rings. The monoisotopic (exact) mass is 396 g/mol. The summed E-state index contributed by atoms with van der Waals surface area (Å²) in [6.07, 6.45) is 2.35. The van der Waals surface area contributed by atoms with Gasteiger partial charge in [0.05, 0.1) is 18.1 Å². The molecule has 0 bridgehead atoms. The van der Waals surface area contributed by atoms with Gasteiger partial charge in [0.1, 0.15) is 11.5 Å². The lowest BCUT2D eigenvalue weighted by atomic mass is 10.1. The summed E-state index contributed by atoms with van der Waals surface area (Å²) in [6.45, 7) is 2.55. The van der Waals surface area contributed by atoms with Gasteiger partial charge in [0.2, 0.25) is 0 Å². The van der Waals surface area contributed by atoms with Crippen molar-refractivity contribution in [1.82, 2.24) is 19.9 Å². The molecule has 0 atom stereocenters. The number of carbonyl (C=O) groups excluding carboxylic acids is 1. The highest BCUT2D eigenvalue weighted by Crippen LogP contribution is 2.29. The molecule has 3 heterocycles. The van der Waals surface area contributed by atoms with Crippen LogP contribution in [0.5, 0.6) is 0 Å². The highest BCUT2D eigenvalue weighted by atomic mass is 16.6. The summed E-state index contributed by atoms with van der Waals surface area (Å²) in [4.78, 5) is 25.5. The molecule has 1 N–H and O–H groups in total. The van der Waals surface area contributed by atoms with Crippen LogP contribution in [0.2, 0.25) is 0 Å². The van der Waals surface area contributed by atoms with E-state index in [-0.39, 0.29) is 17.2 Å². The van der Waals surface area contributed by atoms with Crippen molar-refractivity contribution in [2.24, 2.45) is 0 Å². The molecule has 0 saturated carbocycles. The molecule has 0 aliphatic carbocycles. The fourth-order valence-corrected chi connectivity index (χ4v) is 3.33. The Morgan fingerprint density at radius 3 is 2.83 bits per heavy atom. The predicted molar refractivity (Wildman–Crippen MR) is 105 cm³/mol. The molecule has 150 valence electrons. The number of amides is 1. The molecular formula is C19H20N6O4. The molecule has 29 heavy (non-hydrogen) atoms. The summed E-state index contributed by atoms with van der Waals surface area (Å²) in [5.74, 6) is 0.366. The van der Waals surface area contributed by atoms with Gasteiger partial charge in [0, 0.05) is 43.9 Å². The zero-order chi connectivity index (χ0) is 20.2. The molecule has 1 aromatic carbocycles. The molecule has 0 unspecified atom stereocenters. The molecule has 1 amide bonds. The molecule has 10 heteroatoms. The standard InChI is InChI=1S/C19H20N6O4/c26-19(20-7-6-18-22-21-17-3-1-2-8-24(17)18)14-4-5-15(16(13-14)25(27)28)23-9-11-29-12-10-23/h1-5,8,13H,6-7,9-12H2,(H,20,26). The summed E-state index contributed by atoms with van der Waals surface area (Å²) in [5.41, 5.74) is 1.41. The van der Waals surface area contributed by atoms with Gasteiger partial charge < -0.3 is 15.0 Å². The Morgan fingerprint density at radius 1 is 1.21 bits per heavy atom. The van der Waals surface area contributed by atoms with E-state index >= 15 is 0 Å². The minimum atomic E-state index is -0.454. The number of nitrogens with zero attached hydrogens (tertiary/aromatic N) is 5. The van der Waals surface area contributed by atoms with E-state index in [0.29, 0.717) is 45.0 Å². The van der Waals surface area contributed by atoms with Crippen LogP contribution in [-0.2, 0) is 11.2 Å². The number of carbonyl (C=O) groups is 1. The van der Waals surface area contributed by atoms with Gasteiger partial charge in [-0.15, -0.1) is 10.2 Å². The normalized spacial score (nSPS) is 14.1. The second-order valence-electron chi connectivity index (χ2n) is 6.61. The van der Waals surface area contributed by atoms with Crippen LogP contribution in [0.15, 0.2) is 42.6 Å². The molecule has 10 nitrogen and oxygen atoms in total. The van der Waals surface area contributed by atoms with Crippen LogP contribution in [0.4, 0.5) is 11.4 Å². The largest absolute Gasteiger partial charge is 0.378 e. The Morgan fingerprint density at radius 2 is 2.03 bits per heavy atom. The van der Waals surface area contributed by atoms with E-state index in [1.807, 2.05) is 33.7 Å². The van der Waals surface area contributed by atoms with E-state index in [4.69, 9.17) is 4.74 Å². The fraction of sp³-hybridized carbons (Fsp3) is 0.316. The van der Waals surface area contributed by atoms with Gasteiger partial charge in [-0.3, -0.25) is 19.3 Å². The number of benzene rings is 1. The van der Waals surface area contributed by atoms with Crippen molar-refractivity contribution in [3.05, 3.63) is 64.1 Å². The number of aromatic nitrogens is 3. The number of morpholine rings is 1. The van der Waals surface area contributed by atoms with Gasteiger partial charge in [0.25, 0.3) is 11.6 Å². The lowest BCUT2D eigenvalue weighted by Gasteiger charge is -2.28. The van der Waals surface area contributed by atoms with E-state index in [1.54, 1.807) is 12.1 Å². The third-order valence-corrected chi connectivity index (χ3v) is 4.80. The number of fused-ring (bicyclic) bond motifs is 1. The quantitative estimate of drug-likeness (QED) is 0.495. The van der Waals surface area contributed by atoms with E-state index in [0.717, 1.165) is 11.5 Å². The van der Waals surface area contributed by atoms with E-state index < -0.39 is 4.92 Å². The highest BCUT2D eigenvalue weighted by molar-refractivity contribution is 5.95. The topological polar surface area (TPSA) is 115 Å². The minimum Gasteiger partial charge on any atom is -0.378 e. The van der Waals surface area contributed by atoms with Crippen LogP contribution in [0.25, 0.3) is 5.65 Å². The Balaban J connectivity index is 1.44.